The maximum Gasteiger partial charge on any atom is 0.414 e. The van der Waals surface area contributed by atoms with Crippen LogP contribution in [0.15, 0.2) is 66.9 Å². The second-order valence-electron chi connectivity index (χ2n) is 10.6. The zero-order valence-electron chi connectivity index (χ0n) is 24.5. The Bertz CT molecular complexity index is 1220. The van der Waals surface area contributed by atoms with Gasteiger partial charge >= 0.3 is 12.1 Å². The zero-order chi connectivity index (χ0) is 30.4. The van der Waals surface area contributed by atoms with Crippen molar-refractivity contribution >= 4 is 5.97 Å². The third-order valence-corrected chi connectivity index (χ3v) is 7.37. The summed E-state index contributed by atoms with van der Waals surface area (Å²) >= 11 is 0. The number of hydrogen-bond acceptors (Lipinski definition) is 4. The van der Waals surface area contributed by atoms with Gasteiger partial charge in [0.1, 0.15) is 5.75 Å². The summed E-state index contributed by atoms with van der Waals surface area (Å²) in [6.45, 7) is 3.74. The summed E-state index contributed by atoms with van der Waals surface area (Å²) in [5, 5.41) is 9.15. The van der Waals surface area contributed by atoms with Crippen molar-refractivity contribution in [1.82, 2.24) is 4.98 Å². The van der Waals surface area contributed by atoms with Crippen LogP contribution in [-0.2, 0) is 9.53 Å². The number of aliphatic carboxylic acids is 1. The Labute approximate surface area is 247 Å². The van der Waals surface area contributed by atoms with Crippen molar-refractivity contribution in [1.29, 1.82) is 0 Å². The number of hydrogen-bond donors (Lipinski definition) is 1. The molecule has 0 aliphatic carbocycles. The van der Waals surface area contributed by atoms with E-state index in [-0.39, 0.29) is 18.9 Å². The summed E-state index contributed by atoms with van der Waals surface area (Å²) in [5.74, 6) is -0.374. The number of carboxylic acid groups (broad SMARTS) is 1. The van der Waals surface area contributed by atoms with E-state index in [0.717, 1.165) is 47.7 Å². The molecule has 2 atom stereocenters. The summed E-state index contributed by atoms with van der Waals surface area (Å²) in [6.07, 6.45) is 2.46. The van der Waals surface area contributed by atoms with Crippen molar-refractivity contribution in [2.24, 2.45) is 0 Å². The molecule has 0 spiro atoms. The summed E-state index contributed by atoms with van der Waals surface area (Å²) in [6, 6.07) is 19.8. The van der Waals surface area contributed by atoms with Gasteiger partial charge in [-0.05, 0) is 73.4 Å². The van der Waals surface area contributed by atoms with Crippen LogP contribution in [-0.4, -0.2) is 41.6 Å². The Morgan fingerprint density at radius 3 is 2.33 bits per heavy atom. The molecule has 0 bridgehead atoms. The average molecular weight is 586 g/mol. The van der Waals surface area contributed by atoms with E-state index < -0.39 is 18.2 Å². The number of rotatable bonds is 18. The first-order valence-corrected chi connectivity index (χ1v) is 14.9. The van der Waals surface area contributed by atoms with Crippen molar-refractivity contribution < 1.29 is 32.5 Å². The number of aromatic nitrogens is 1. The lowest BCUT2D eigenvalue weighted by Gasteiger charge is -2.22. The fraction of sp³-hybridized carbons (Fsp3) is 0.471. The molecule has 0 radical (unpaired) electrons. The third-order valence-electron chi connectivity index (χ3n) is 7.37. The van der Waals surface area contributed by atoms with Gasteiger partial charge in [0, 0.05) is 18.6 Å². The fourth-order valence-electron chi connectivity index (χ4n) is 4.88. The van der Waals surface area contributed by atoms with Gasteiger partial charge in [0.15, 0.2) is 6.10 Å². The van der Waals surface area contributed by atoms with Crippen LogP contribution in [0.5, 0.6) is 5.75 Å². The predicted molar refractivity (Wildman–Crippen MR) is 160 cm³/mol. The van der Waals surface area contributed by atoms with Gasteiger partial charge in [0.2, 0.25) is 0 Å². The molecule has 5 nitrogen and oxygen atoms in total. The molecular weight excluding hydrogens is 543 g/mol. The van der Waals surface area contributed by atoms with Gasteiger partial charge in [0.05, 0.1) is 18.5 Å². The molecule has 0 saturated carbocycles. The second kappa shape index (κ2) is 16.9. The first kappa shape index (κ1) is 33.1. The number of benzene rings is 2. The van der Waals surface area contributed by atoms with Gasteiger partial charge in [-0.3, -0.25) is 9.78 Å². The highest BCUT2D eigenvalue weighted by atomic mass is 19.4. The Morgan fingerprint density at radius 1 is 0.905 bits per heavy atom. The molecule has 1 N–H and O–H groups in total. The molecule has 228 valence electrons. The molecule has 2 unspecified atom stereocenters. The standard InChI is InChI=1S/C34H42F3NO4/c1-3-4-5-6-10-21-42-29-17-19-32(38-24-29)31-23-28(16-18-30(31)27-12-8-7-9-13-27)26(14-11-15-33(39)40)20-22-41-25(2)34(35,36)37/h7-9,12-13,16-19,23-26H,3-6,10-11,14-15,20-22H2,1-2H3,(H,39,40). The lowest BCUT2D eigenvalue weighted by molar-refractivity contribution is -0.214. The van der Waals surface area contributed by atoms with Gasteiger partial charge in [-0.25, -0.2) is 0 Å². The number of carboxylic acids is 1. The minimum absolute atomic E-state index is 0.00705. The highest BCUT2D eigenvalue weighted by Crippen LogP contribution is 2.36. The van der Waals surface area contributed by atoms with E-state index in [0.29, 0.717) is 31.6 Å². The molecule has 0 saturated heterocycles. The van der Waals surface area contributed by atoms with Crippen LogP contribution in [0.4, 0.5) is 13.2 Å². The molecule has 1 aromatic heterocycles. The molecule has 0 amide bonds. The molecule has 3 aromatic rings. The highest BCUT2D eigenvalue weighted by molar-refractivity contribution is 5.82. The number of nitrogens with zero attached hydrogens (tertiary/aromatic N) is 1. The van der Waals surface area contributed by atoms with Crippen LogP contribution >= 0.6 is 0 Å². The molecule has 1 heterocycles. The summed E-state index contributed by atoms with van der Waals surface area (Å²) in [5.41, 5.74) is 4.53. The van der Waals surface area contributed by atoms with E-state index in [1.807, 2.05) is 60.7 Å². The van der Waals surface area contributed by atoms with E-state index in [9.17, 15) is 18.0 Å². The number of alkyl halides is 3. The molecule has 2 aromatic carbocycles. The van der Waals surface area contributed by atoms with Crippen molar-refractivity contribution in [2.45, 2.75) is 89.8 Å². The lowest BCUT2D eigenvalue weighted by Crippen LogP contribution is -2.29. The average Bonchev–Trinajstić information content (AvgIpc) is 2.98. The maximum atomic E-state index is 13.0. The van der Waals surface area contributed by atoms with Crippen LogP contribution in [0.3, 0.4) is 0 Å². The van der Waals surface area contributed by atoms with Crippen LogP contribution < -0.4 is 4.74 Å². The normalized spacial score (nSPS) is 13.1. The Kier molecular flexibility index (Phi) is 13.3. The van der Waals surface area contributed by atoms with Gasteiger partial charge in [-0.15, -0.1) is 0 Å². The van der Waals surface area contributed by atoms with Crippen molar-refractivity contribution in [2.75, 3.05) is 13.2 Å². The van der Waals surface area contributed by atoms with Gasteiger partial charge in [0.25, 0.3) is 0 Å². The molecule has 42 heavy (non-hydrogen) atoms. The highest BCUT2D eigenvalue weighted by Gasteiger charge is 2.36. The van der Waals surface area contributed by atoms with Crippen molar-refractivity contribution in [3.05, 3.63) is 72.4 Å². The molecule has 0 aliphatic heterocycles. The van der Waals surface area contributed by atoms with Gasteiger partial charge in [-0.1, -0.05) is 75.1 Å². The molecule has 8 heteroatoms. The van der Waals surface area contributed by atoms with Crippen LogP contribution in [0.25, 0.3) is 22.4 Å². The van der Waals surface area contributed by atoms with Crippen LogP contribution in [0.1, 0.15) is 83.1 Å². The zero-order valence-corrected chi connectivity index (χ0v) is 24.5. The third kappa shape index (κ3) is 10.8. The van der Waals surface area contributed by atoms with E-state index in [1.165, 1.54) is 19.3 Å². The van der Waals surface area contributed by atoms with E-state index >= 15 is 0 Å². The number of halogens is 3. The SMILES string of the molecule is CCCCCCCOc1ccc(-c2cc(C(CCCC(=O)O)CCOC(C)C(F)(F)F)ccc2-c2ccccc2)nc1. The van der Waals surface area contributed by atoms with E-state index in [1.54, 1.807) is 6.20 Å². The number of carbonyl (C=O) groups is 1. The number of ether oxygens (including phenoxy) is 2. The van der Waals surface area contributed by atoms with Crippen LogP contribution in [0.2, 0.25) is 0 Å². The molecule has 3 rings (SSSR count). The number of pyridine rings is 1. The minimum Gasteiger partial charge on any atom is -0.492 e. The molecule has 0 aliphatic rings. The first-order valence-electron chi connectivity index (χ1n) is 14.9. The Hall–Kier alpha value is -3.39. The molecular formula is C34H42F3NO4. The number of unbranched alkanes of at least 4 members (excludes halogenated alkanes) is 4. The monoisotopic (exact) mass is 585 g/mol. The quantitative estimate of drug-likeness (QED) is 0.151. The fourth-order valence-corrected chi connectivity index (χ4v) is 4.88. The van der Waals surface area contributed by atoms with Gasteiger partial charge in [-0.2, -0.15) is 13.2 Å². The molecule has 0 fully saturated rings. The summed E-state index contributed by atoms with van der Waals surface area (Å²) < 4.78 is 50.0. The van der Waals surface area contributed by atoms with Crippen molar-refractivity contribution in [3.8, 4) is 28.1 Å². The Balaban J connectivity index is 1.85. The summed E-state index contributed by atoms with van der Waals surface area (Å²) in [4.78, 5) is 15.9. The largest absolute Gasteiger partial charge is 0.492 e. The summed E-state index contributed by atoms with van der Waals surface area (Å²) in [7, 11) is 0. The van der Waals surface area contributed by atoms with Gasteiger partial charge < -0.3 is 14.6 Å². The minimum atomic E-state index is -4.43. The second-order valence-corrected chi connectivity index (χ2v) is 10.6. The van der Waals surface area contributed by atoms with Crippen LogP contribution in [0, 0.1) is 0 Å². The van der Waals surface area contributed by atoms with Crippen molar-refractivity contribution in [3.63, 3.8) is 0 Å². The van der Waals surface area contributed by atoms with E-state index in [2.05, 4.69) is 6.92 Å². The lowest BCUT2D eigenvalue weighted by atomic mass is 9.86. The van der Waals surface area contributed by atoms with E-state index in [4.69, 9.17) is 19.6 Å². The Morgan fingerprint density at radius 2 is 1.67 bits per heavy atom. The smallest absolute Gasteiger partial charge is 0.414 e. The topological polar surface area (TPSA) is 68.7 Å². The maximum absolute atomic E-state index is 13.0. The predicted octanol–water partition coefficient (Wildman–Crippen LogP) is 9.46. The first-order chi connectivity index (χ1) is 20.2.